The molecule has 3 heterocycles. The number of aliphatic hydroxyl groups excluding tert-OH is 1. The van der Waals surface area contributed by atoms with Crippen molar-refractivity contribution in [3.63, 3.8) is 0 Å². The van der Waals surface area contributed by atoms with Gasteiger partial charge in [-0.05, 0) is 38.3 Å². The van der Waals surface area contributed by atoms with Crippen molar-refractivity contribution in [1.29, 1.82) is 0 Å². The van der Waals surface area contributed by atoms with Crippen LogP contribution in [0, 0.1) is 6.92 Å². The Bertz CT molecular complexity index is 775. The fraction of sp³-hybridized carbons (Fsp3) is 0.524. The summed E-state index contributed by atoms with van der Waals surface area (Å²) in [5.41, 5.74) is 2.66. The van der Waals surface area contributed by atoms with Crippen LogP contribution in [0.2, 0.25) is 0 Å². The van der Waals surface area contributed by atoms with Crippen molar-refractivity contribution in [1.82, 2.24) is 9.97 Å². The largest absolute Gasteiger partial charge is 0.393 e. The van der Waals surface area contributed by atoms with Crippen LogP contribution in [0.25, 0.3) is 0 Å². The second kappa shape index (κ2) is 7.72. The molecule has 2 aromatic rings. The molecule has 2 aliphatic rings. The topological polar surface area (TPSA) is 55.7 Å². The number of benzene rings is 1. The number of hydrogen-bond acceptors (Lipinski definition) is 6. The molecule has 6 heteroatoms. The van der Waals surface area contributed by atoms with Crippen LogP contribution in [0.3, 0.4) is 0 Å². The van der Waals surface area contributed by atoms with Gasteiger partial charge < -0.3 is 19.8 Å². The van der Waals surface area contributed by atoms with Gasteiger partial charge in [-0.3, -0.25) is 0 Å². The molecule has 0 saturated carbocycles. The summed E-state index contributed by atoms with van der Waals surface area (Å²) in [6, 6.07) is 11.1. The van der Waals surface area contributed by atoms with E-state index in [0.29, 0.717) is 6.04 Å². The molecule has 0 amide bonds. The smallest absolute Gasteiger partial charge is 0.134 e. The van der Waals surface area contributed by atoms with E-state index < -0.39 is 0 Å². The molecule has 0 bridgehead atoms. The van der Waals surface area contributed by atoms with E-state index in [-0.39, 0.29) is 6.10 Å². The van der Waals surface area contributed by atoms with Gasteiger partial charge in [0.1, 0.15) is 18.0 Å². The lowest BCUT2D eigenvalue weighted by molar-refractivity contribution is 0.145. The predicted molar refractivity (Wildman–Crippen MR) is 110 cm³/mol. The molecule has 1 unspecified atom stereocenters. The quantitative estimate of drug-likeness (QED) is 0.899. The van der Waals surface area contributed by atoms with E-state index in [1.54, 1.807) is 6.33 Å². The second-order valence-electron chi connectivity index (χ2n) is 7.73. The zero-order chi connectivity index (χ0) is 18.8. The van der Waals surface area contributed by atoms with Gasteiger partial charge in [-0.2, -0.15) is 0 Å². The van der Waals surface area contributed by atoms with Crippen molar-refractivity contribution < 1.29 is 5.11 Å². The van der Waals surface area contributed by atoms with E-state index in [2.05, 4.69) is 68.8 Å². The Balaban J connectivity index is 1.47. The molecular weight excluding hydrogens is 338 g/mol. The molecule has 1 atom stereocenters. The van der Waals surface area contributed by atoms with E-state index in [0.717, 1.165) is 57.2 Å². The first-order chi connectivity index (χ1) is 13.1. The number of rotatable bonds is 3. The fourth-order valence-corrected chi connectivity index (χ4v) is 4.20. The van der Waals surface area contributed by atoms with Gasteiger partial charge in [0.15, 0.2) is 0 Å². The Kier molecular flexibility index (Phi) is 5.16. The van der Waals surface area contributed by atoms with E-state index >= 15 is 0 Å². The Morgan fingerprint density at radius 2 is 1.70 bits per heavy atom. The predicted octanol–water partition coefficient (Wildman–Crippen LogP) is 2.46. The number of aliphatic hydroxyl groups is 1. The third kappa shape index (κ3) is 3.86. The number of aryl methyl sites for hydroxylation is 1. The van der Waals surface area contributed by atoms with Crippen LogP contribution < -0.4 is 14.7 Å². The maximum atomic E-state index is 9.73. The highest BCUT2D eigenvalue weighted by molar-refractivity contribution is 5.56. The number of piperidine rings is 1. The lowest BCUT2D eigenvalue weighted by Gasteiger charge is -2.42. The maximum absolute atomic E-state index is 9.73. The Morgan fingerprint density at radius 1 is 0.963 bits per heavy atom. The van der Waals surface area contributed by atoms with Crippen LogP contribution in [-0.4, -0.2) is 59.9 Å². The Morgan fingerprint density at radius 3 is 2.44 bits per heavy atom. The minimum Gasteiger partial charge on any atom is -0.393 e. The minimum atomic E-state index is -0.169. The normalized spacial score (nSPS) is 21.6. The van der Waals surface area contributed by atoms with Gasteiger partial charge in [0, 0.05) is 50.5 Å². The zero-order valence-corrected chi connectivity index (χ0v) is 16.3. The van der Waals surface area contributed by atoms with E-state index in [9.17, 15) is 5.11 Å². The highest BCUT2D eigenvalue weighted by atomic mass is 16.3. The maximum Gasteiger partial charge on any atom is 0.134 e. The Hall–Kier alpha value is -2.34. The average Bonchev–Trinajstić information content (AvgIpc) is 2.69. The molecule has 1 aromatic carbocycles. The van der Waals surface area contributed by atoms with E-state index in [1.807, 2.05) is 0 Å². The average molecular weight is 367 g/mol. The van der Waals surface area contributed by atoms with Crippen molar-refractivity contribution >= 4 is 17.3 Å². The molecular formula is C21H29N5O. The molecule has 0 spiro atoms. The van der Waals surface area contributed by atoms with Gasteiger partial charge in [-0.1, -0.05) is 18.2 Å². The molecule has 2 saturated heterocycles. The molecule has 4 rings (SSSR count). The highest BCUT2D eigenvalue weighted by Crippen LogP contribution is 2.27. The number of para-hydroxylation sites is 1. The SMILES string of the molecule is Cc1ccccc1N1CCN(c2cc(N3CCC(O)CC3)ncn2)C(C)C1. The molecule has 1 N–H and O–H groups in total. The van der Waals surface area contributed by atoms with Crippen molar-refractivity contribution in [2.24, 2.45) is 0 Å². The summed E-state index contributed by atoms with van der Waals surface area (Å²) in [4.78, 5) is 16.2. The summed E-state index contributed by atoms with van der Waals surface area (Å²) in [7, 11) is 0. The summed E-state index contributed by atoms with van der Waals surface area (Å²) in [6.45, 7) is 9.08. The Labute approximate surface area is 161 Å². The van der Waals surface area contributed by atoms with Crippen molar-refractivity contribution in [2.75, 3.05) is 47.4 Å². The van der Waals surface area contributed by atoms with Crippen LogP contribution in [0.4, 0.5) is 17.3 Å². The first-order valence-electron chi connectivity index (χ1n) is 9.94. The van der Waals surface area contributed by atoms with Gasteiger partial charge in [0.05, 0.1) is 6.10 Å². The molecule has 1 aromatic heterocycles. The standard InChI is InChI=1S/C21H29N5O/c1-16-5-3-4-6-19(16)25-11-12-26(17(2)14-25)21-13-20(22-15-23-21)24-9-7-18(27)8-10-24/h3-6,13,15,17-18,27H,7-12,14H2,1-2H3. The molecule has 144 valence electrons. The monoisotopic (exact) mass is 367 g/mol. The number of piperazine rings is 1. The summed E-state index contributed by atoms with van der Waals surface area (Å²) < 4.78 is 0. The van der Waals surface area contributed by atoms with Crippen LogP contribution in [0.5, 0.6) is 0 Å². The number of aromatic nitrogens is 2. The lowest BCUT2D eigenvalue weighted by Crippen LogP contribution is -2.52. The van der Waals surface area contributed by atoms with Crippen LogP contribution in [0.15, 0.2) is 36.7 Å². The third-order valence-corrected chi connectivity index (χ3v) is 5.80. The zero-order valence-electron chi connectivity index (χ0n) is 16.3. The van der Waals surface area contributed by atoms with E-state index in [4.69, 9.17) is 0 Å². The summed E-state index contributed by atoms with van der Waals surface area (Å²) in [5.74, 6) is 1.98. The second-order valence-corrected chi connectivity index (χ2v) is 7.73. The van der Waals surface area contributed by atoms with Gasteiger partial charge >= 0.3 is 0 Å². The minimum absolute atomic E-state index is 0.169. The van der Waals surface area contributed by atoms with Crippen LogP contribution in [0.1, 0.15) is 25.3 Å². The van der Waals surface area contributed by atoms with Gasteiger partial charge in [-0.25, -0.2) is 9.97 Å². The third-order valence-electron chi connectivity index (χ3n) is 5.80. The molecule has 2 aliphatic heterocycles. The molecule has 2 fully saturated rings. The fourth-order valence-electron chi connectivity index (χ4n) is 4.20. The molecule has 6 nitrogen and oxygen atoms in total. The van der Waals surface area contributed by atoms with Gasteiger partial charge in [0.25, 0.3) is 0 Å². The molecule has 0 aliphatic carbocycles. The first kappa shape index (κ1) is 18.0. The van der Waals surface area contributed by atoms with Gasteiger partial charge in [0.2, 0.25) is 0 Å². The number of nitrogens with zero attached hydrogens (tertiary/aromatic N) is 5. The van der Waals surface area contributed by atoms with Crippen molar-refractivity contribution in [3.05, 3.63) is 42.2 Å². The summed E-state index contributed by atoms with van der Waals surface area (Å²) >= 11 is 0. The number of anilines is 3. The van der Waals surface area contributed by atoms with Crippen LogP contribution in [-0.2, 0) is 0 Å². The number of hydrogen-bond donors (Lipinski definition) is 1. The highest BCUT2D eigenvalue weighted by Gasteiger charge is 2.26. The lowest BCUT2D eigenvalue weighted by atomic mass is 10.1. The molecule has 27 heavy (non-hydrogen) atoms. The van der Waals surface area contributed by atoms with Crippen molar-refractivity contribution in [3.8, 4) is 0 Å². The van der Waals surface area contributed by atoms with Crippen LogP contribution >= 0.6 is 0 Å². The summed E-state index contributed by atoms with van der Waals surface area (Å²) in [6.07, 6.45) is 3.13. The van der Waals surface area contributed by atoms with Crippen molar-refractivity contribution in [2.45, 2.75) is 38.8 Å². The molecule has 0 radical (unpaired) electrons. The van der Waals surface area contributed by atoms with E-state index in [1.165, 1.54) is 11.3 Å². The summed E-state index contributed by atoms with van der Waals surface area (Å²) in [5, 5.41) is 9.73. The van der Waals surface area contributed by atoms with Gasteiger partial charge in [-0.15, -0.1) is 0 Å². The first-order valence-corrected chi connectivity index (χ1v) is 9.94.